The Kier molecular flexibility index (Phi) is 2.96. The SMILES string of the molecule is O=C(Nc1cccc(Cl)c1)C1CCc2nnc(C3CC3)n21. The summed E-state index contributed by atoms with van der Waals surface area (Å²) in [5.74, 6) is 2.39. The van der Waals surface area contributed by atoms with Crippen molar-refractivity contribution in [3.63, 3.8) is 0 Å². The molecule has 2 heterocycles. The molecule has 1 amide bonds. The molecule has 1 saturated carbocycles. The highest BCUT2D eigenvalue weighted by atomic mass is 35.5. The fourth-order valence-electron chi connectivity index (χ4n) is 2.90. The molecule has 2 aromatic rings. The summed E-state index contributed by atoms with van der Waals surface area (Å²) in [5, 5.41) is 12.0. The minimum absolute atomic E-state index is 0.0160. The Morgan fingerprint density at radius 1 is 1.29 bits per heavy atom. The van der Waals surface area contributed by atoms with Crippen LogP contribution in [0.5, 0.6) is 0 Å². The van der Waals surface area contributed by atoms with Gasteiger partial charge in [-0.1, -0.05) is 17.7 Å². The highest BCUT2D eigenvalue weighted by Crippen LogP contribution is 2.42. The molecule has 21 heavy (non-hydrogen) atoms. The first-order valence-electron chi connectivity index (χ1n) is 7.22. The number of anilines is 1. The minimum atomic E-state index is -0.204. The van der Waals surface area contributed by atoms with Crippen LogP contribution in [-0.4, -0.2) is 20.7 Å². The molecule has 1 aromatic heterocycles. The van der Waals surface area contributed by atoms with Gasteiger partial charge in [-0.25, -0.2) is 0 Å². The van der Waals surface area contributed by atoms with Crippen LogP contribution >= 0.6 is 11.6 Å². The Balaban J connectivity index is 1.58. The molecule has 0 bridgehead atoms. The summed E-state index contributed by atoms with van der Waals surface area (Å²) in [5.41, 5.74) is 0.724. The Morgan fingerprint density at radius 2 is 2.14 bits per heavy atom. The van der Waals surface area contributed by atoms with Crippen LogP contribution < -0.4 is 5.32 Å². The molecule has 0 radical (unpaired) electrons. The molecule has 1 fully saturated rings. The third-order valence-electron chi connectivity index (χ3n) is 4.08. The Hall–Kier alpha value is -1.88. The summed E-state index contributed by atoms with van der Waals surface area (Å²) in [4.78, 5) is 12.6. The van der Waals surface area contributed by atoms with Crippen molar-refractivity contribution in [3.05, 3.63) is 40.9 Å². The van der Waals surface area contributed by atoms with Gasteiger partial charge in [-0.3, -0.25) is 4.79 Å². The van der Waals surface area contributed by atoms with Gasteiger partial charge in [0.1, 0.15) is 17.7 Å². The van der Waals surface area contributed by atoms with E-state index in [2.05, 4.69) is 15.5 Å². The fraction of sp³-hybridized carbons (Fsp3) is 0.400. The van der Waals surface area contributed by atoms with Crippen LogP contribution in [0.25, 0.3) is 0 Å². The molecule has 0 saturated heterocycles. The highest BCUT2D eigenvalue weighted by molar-refractivity contribution is 6.30. The smallest absolute Gasteiger partial charge is 0.247 e. The highest BCUT2D eigenvalue weighted by Gasteiger charge is 2.37. The second-order valence-corrected chi connectivity index (χ2v) is 6.11. The van der Waals surface area contributed by atoms with Gasteiger partial charge in [0, 0.05) is 23.0 Å². The number of hydrogen-bond acceptors (Lipinski definition) is 3. The number of halogens is 1. The van der Waals surface area contributed by atoms with Gasteiger partial charge in [0.2, 0.25) is 5.91 Å². The topological polar surface area (TPSA) is 59.8 Å². The van der Waals surface area contributed by atoms with Crippen molar-refractivity contribution in [2.45, 2.75) is 37.6 Å². The predicted molar refractivity (Wildman–Crippen MR) is 79.4 cm³/mol. The fourth-order valence-corrected chi connectivity index (χ4v) is 3.09. The molecule has 1 atom stereocenters. The monoisotopic (exact) mass is 302 g/mol. The van der Waals surface area contributed by atoms with Gasteiger partial charge < -0.3 is 9.88 Å². The number of hydrogen-bond donors (Lipinski definition) is 1. The summed E-state index contributed by atoms with van der Waals surface area (Å²) in [6.07, 6.45) is 3.91. The lowest BCUT2D eigenvalue weighted by molar-refractivity contribution is -0.119. The lowest BCUT2D eigenvalue weighted by atomic mass is 10.2. The standard InChI is InChI=1S/C15H15ClN4O/c16-10-2-1-3-11(8-10)17-15(21)12-6-7-13-18-19-14(20(12)13)9-4-5-9/h1-3,8-9,12H,4-7H2,(H,17,21). The lowest BCUT2D eigenvalue weighted by Gasteiger charge is -2.15. The van der Waals surface area contributed by atoms with Crippen molar-refractivity contribution >= 4 is 23.2 Å². The van der Waals surface area contributed by atoms with Crippen molar-refractivity contribution in [2.24, 2.45) is 0 Å². The Morgan fingerprint density at radius 3 is 2.90 bits per heavy atom. The first-order chi connectivity index (χ1) is 10.2. The van der Waals surface area contributed by atoms with Gasteiger partial charge in [-0.2, -0.15) is 0 Å². The maximum atomic E-state index is 12.6. The van der Waals surface area contributed by atoms with Gasteiger partial charge in [-0.15, -0.1) is 10.2 Å². The number of aromatic nitrogens is 3. The maximum absolute atomic E-state index is 12.6. The second-order valence-electron chi connectivity index (χ2n) is 5.67. The van der Waals surface area contributed by atoms with Crippen LogP contribution in [0.2, 0.25) is 5.02 Å². The zero-order valence-electron chi connectivity index (χ0n) is 11.4. The molecular formula is C15H15ClN4O. The molecule has 0 spiro atoms. The molecule has 1 unspecified atom stereocenters. The van der Waals surface area contributed by atoms with Gasteiger partial charge >= 0.3 is 0 Å². The summed E-state index contributed by atoms with van der Waals surface area (Å²) in [7, 11) is 0. The number of fused-ring (bicyclic) bond motifs is 1. The maximum Gasteiger partial charge on any atom is 0.247 e. The number of nitrogens with zero attached hydrogens (tertiary/aromatic N) is 3. The summed E-state index contributed by atoms with van der Waals surface area (Å²) < 4.78 is 2.04. The van der Waals surface area contributed by atoms with Crippen molar-refractivity contribution in [1.82, 2.24) is 14.8 Å². The van der Waals surface area contributed by atoms with Crippen LogP contribution in [0.4, 0.5) is 5.69 Å². The molecule has 1 aromatic carbocycles. The third kappa shape index (κ3) is 2.31. The zero-order valence-corrected chi connectivity index (χ0v) is 12.2. The van der Waals surface area contributed by atoms with Crippen molar-refractivity contribution in [3.8, 4) is 0 Å². The first kappa shape index (κ1) is 12.8. The normalized spacial score (nSPS) is 20.3. The van der Waals surface area contributed by atoms with Crippen molar-refractivity contribution < 1.29 is 4.79 Å². The molecule has 108 valence electrons. The van der Waals surface area contributed by atoms with E-state index in [0.717, 1.165) is 43.0 Å². The number of benzene rings is 1. The second kappa shape index (κ2) is 4.84. The van der Waals surface area contributed by atoms with E-state index in [1.54, 1.807) is 12.1 Å². The number of rotatable bonds is 3. The molecule has 2 aliphatic rings. The average Bonchev–Trinajstić information content (AvgIpc) is 3.07. The molecule has 6 heteroatoms. The van der Waals surface area contributed by atoms with E-state index in [1.165, 1.54) is 0 Å². The number of carbonyl (C=O) groups is 1. The first-order valence-corrected chi connectivity index (χ1v) is 7.60. The van der Waals surface area contributed by atoms with Crippen LogP contribution in [0, 0.1) is 0 Å². The van der Waals surface area contributed by atoms with Crippen LogP contribution in [0.3, 0.4) is 0 Å². The zero-order chi connectivity index (χ0) is 14.4. The summed E-state index contributed by atoms with van der Waals surface area (Å²) in [6.45, 7) is 0. The molecule has 5 nitrogen and oxygen atoms in total. The molecular weight excluding hydrogens is 288 g/mol. The van der Waals surface area contributed by atoms with Crippen LogP contribution in [0.15, 0.2) is 24.3 Å². The van der Waals surface area contributed by atoms with E-state index in [4.69, 9.17) is 11.6 Å². The van der Waals surface area contributed by atoms with Crippen LogP contribution in [-0.2, 0) is 11.2 Å². The van der Waals surface area contributed by atoms with Crippen molar-refractivity contribution in [1.29, 1.82) is 0 Å². The largest absolute Gasteiger partial charge is 0.324 e. The average molecular weight is 303 g/mol. The van der Waals surface area contributed by atoms with Gasteiger partial charge in [0.15, 0.2) is 0 Å². The van der Waals surface area contributed by atoms with Crippen LogP contribution in [0.1, 0.15) is 42.9 Å². The lowest BCUT2D eigenvalue weighted by Crippen LogP contribution is -2.24. The molecule has 4 rings (SSSR count). The molecule has 1 aliphatic carbocycles. The predicted octanol–water partition coefficient (Wildman–Crippen LogP) is 2.93. The summed E-state index contributed by atoms with van der Waals surface area (Å²) in [6, 6.07) is 7.00. The van der Waals surface area contributed by atoms with E-state index >= 15 is 0 Å². The minimum Gasteiger partial charge on any atom is -0.324 e. The summed E-state index contributed by atoms with van der Waals surface area (Å²) >= 11 is 5.95. The van der Waals surface area contributed by atoms with E-state index in [0.29, 0.717) is 10.9 Å². The van der Waals surface area contributed by atoms with Gasteiger partial charge in [0.05, 0.1) is 0 Å². The number of nitrogens with one attached hydrogen (secondary N) is 1. The number of amides is 1. The Bertz CT molecular complexity index is 707. The Labute approximate surface area is 127 Å². The molecule has 1 N–H and O–H groups in total. The molecule has 1 aliphatic heterocycles. The van der Waals surface area contributed by atoms with E-state index in [9.17, 15) is 4.79 Å². The number of aryl methyl sites for hydroxylation is 1. The van der Waals surface area contributed by atoms with Crippen molar-refractivity contribution in [2.75, 3.05) is 5.32 Å². The third-order valence-corrected chi connectivity index (χ3v) is 4.32. The number of carbonyl (C=O) groups excluding carboxylic acids is 1. The van der Waals surface area contributed by atoms with Gasteiger partial charge in [0.25, 0.3) is 0 Å². The quantitative estimate of drug-likeness (QED) is 0.948. The van der Waals surface area contributed by atoms with E-state index in [1.807, 2.05) is 16.7 Å². The van der Waals surface area contributed by atoms with E-state index in [-0.39, 0.29) is 11.9 Å². The van der Waals surface area contributed by atoms with Gasteiger partial charge in [-0.05, 0) is 37.5 Å². The van der Waals surface area contributed by atoms with E-state index < -0.39 is 0 Å².